The molecule has 0 atom stereocenters. The van der Waals surface area contributed by atoms with Crippen LogP contribution in [0.2, 0.25) is 0 Å². The molecule has 16 heavy (non-hydrogen) atoms. The second kappa shape index (κ2) is 5.50. The smallest absolute Gasteiger partial charge is 0.0181 e. The third kappa shape index (κ3) is 2.73. The predicted octanol–water partition coefficient (Wildman–Crippen LogP) is 4.55. The summed E-state index contributed by atoms with van der Waals surface area (Å²) in [5.74, 6) is 0. The van der Waals surface area contributed by atoms with Gasteiger partial charge in [0.25, 0.3) is 0 Å². The highest BCUT2D eigenvalue weighted by Crippen LogP contribution is 2.16. The predicted molar refractivity (Wildman–Crippen MR) is 71.4 cm³/mol. The van der Waals surface area contributed by atoms with Gasteiger partial charge < -0.3 is 0 Å². The average Bonchev–Trinajstić information content (AvgIpc) is 2.34. The molecule has 0 saturated carbocycles. The van der Waals surface area contributed by atoms with E-state index in [9.17, 15) is 0 Å². The summed E-state index contributed by atoms with van der Waals surface area (Å²) in [5.41, 5.74) is 1.43. The maximum Gasteiger partial charge on any atom is -0.0181 e. The summed E-state index contributed by atoms with van der Waals surface area (Å²) in [6, 6.07) is 15.2. The third-order valence-corrected chi connectivity index (χ3v) is 2.82. The van der Waals surface area contributed by atoms with Crippen molar-refractivity contribution >= 4 is 10.8 Å². The average molecular weight is 209 g/mol. The quantitative estimate of drug-likeness (QED) is 0.648. The van der Waals surface area contributed by atoms with Crippen molar-refractivity contribution in [1.82, 2.24) is 0 Å². The van der Waals surface area contributed by atoms with Gasteiger partial charge in [0.15, 0.2) is 0 Å². The summed E-state index contributed by atoms with van der Waals surface area (Å²) in [6.07, 6.45) is 7.47. The first kappa shape index (κ1) is 10.9. The van der Waals surface area contributed by atoms with Crippen LogP contribution in [-0.2, 0) is 6.42 Å². The molecule has 0 unspecified atom stereocenters. The largest absolute Gasteiger partial charge is 0.0885 e. The lowest BCUT2D eigenvalue weighted by atomic mass is 10.0. The molecule has 0 heterocycles. The number of unbranched alkanes of at least 4 members (excludes halogenated alkanes) is 1. The van der Waals surface area contributed by atoms with Gasteiger partial charge in [-0.2, -0.15) is 0 Å². The number of rotatable bonds is 4. The minimum absolute atomic E-state index is 1.12. The molecule has 0 fully saturated rings. The van der Waals surface area contributed by atoms with Crippen molar-refractivity contribution < 1.29 is 0 Å². The molecule has 81 valence electrons. The number of benzene rings is 2. The van der Waals surface area contributed by atoms with E-state index in [2.05, 4.69) is 55.5 Å². The fourth-order valence-corrected chi connectivity index (χ4v) is 1.94. The van der Waals surface area contributed by atoms with Gasteiger partial charge in [0.2, 0.25) is 0 Å². The zero-order chi connectivity index (χ0) is 11.2. The molecule has 0 aliphatic carbocycles. The number of aryl methyl sites for hydroxylation is 1. The Morgan fingerprint density at radius 2 is 1.81 bits per heavy atom. The van der Waals surface area contributed by atoms with Crippen LogP contribution in [0.5, 0.6) is 0 Å². The Labute approximate surface area is 97.6 Å². The van der Waals surface area contributed by atoms with Gasteiger partial charge in [0.1, 0.15) is 0 Å². The van der Waals surface area contributed by atoms with Crippen LogP contribution >= 0.6 is 0 Å². The highest BCUT2D eigenvalue weighted by atomic mass is 14.0. The molecule has 0 nitrogen and oxygen atoms in total. The summed E-state index contributed by atoms with van der Waals surface area (Å²) in [7, 11) is 0. The Bertz CT molecular complexity index is 480. The van der Waals surface area contributed by atoms with Crippen LogP contribution in [-0.4, -0.2) is 0 Å². The van der Waals surface area contributed by atoms with E-state index in [1.54, 1.807) is 0 Å². The van der Waals surface area contributed by atoms with Crippen molar-refractivity contribution in [3.8, 4) is 0 Å². The van der Waals surface area contributed by atoms with Gasteiger partial charge in [-0.25, -0.2) is 0 Å². The molecule has 0 spiro atoms. The molecule has 0 aliphatic heterocycles. The Morgan fingerprint density at radius 1 is 1.00 bits per heavy atom. The molecule has 2 aromatic rings. The number of fused-ring (bicyclic) bond motifs is 1. The number of hydrogen-bond donors (Lipinski definition) is 0. The van der Waals surface area contributed by atoms with E-state index in [0.717, 1.165) is 12.8 Å². The first-order chi connectivity index (χ1) is 7.90. The molecular formula is C16H17. The van der Waals surface area contributed by atoms with E-state index >= 15 is 0 Å². The standard InChI is InChI=1S/C16H17/c1-2-3-4-5-8-14-11-12-15-9-6-7-10-16(15)13-14/h2-3,6-7,9-13H,1,4-5,8H2. The molecular weight excluding hydrogens is 192 g/mol. The Balaban J connectivity index is 2.07. The lowest BCUT2D eigenvalue weighted by Gasteiger charge is -2.02. The van der Waals surface area contributed by atoms with Gasteiger partial charge in [-0.05, 0) is 42.5 Å². The van der Waals surface area contributed by atoms with Gasteiger partial charge in [-0.15, -0.1) is 0 Å². The first-order valence-electron chi connectivity index (χ1n) is 5.82. The summed E-state index contributed by atoms with van der Waals surface area (Å²) in [4.78, 5) is 0. The van der Waals surface area contributed by atoms with Crippen molar-refractivity contribution in [3.63, 3.8) is 0 Å². The summed E-state index contributed by atoms with van der Waals surface area (Å²) < 4.78 is 0. The van der Waals surface area contributed by atoms with Crippen LogP contribution in [0.3, 0.4) is 0 Å². The maximum atomic E-state index is 3.69. The molecule has 0 heteroatoms. The van der Waals surface area contributed by atoms with Crippen molar-refractivity contribution in [2.45, 2.75) is 19.3 Å². The van der Waals surface area contributed by atoms with E-state index in [4.69, 9.17) is 0 Å². The van der Waals surface area contributed by atoms with Crippen molar-refractivity contribution in [1.29, 1.82) is 0 Å². The SMILES string of the molecule is [CH2]C=CCCCc1ccc2ccccc2c1. The van der Waals surface area contributed by atoms with Gasteiger partial charge >= 0.3 is 0 Å². The zero-order valence-electron chi connectivity index (χ0n) is 9.52. The number of allylic oxidation sites excluding steroid dienone is 2. The molecule has 0 aromatic heterocycles. The highest BCUT2D eigenvalue weighted by Gasteiger charge is 1.95. The molecule has 0 saturated heterocycles. The van der Waals surface area contributed by atoms with E-state index in [0.29, 0.717) is 0 Å². The maximum absolute atomic E-state index is 3.69. The Hall–Kier alpha value is -1.56. The molecule has 0 bridgehead atoms. The highest BCUT2D eigenvalue weighted by molar-refractivity contribution is 5.82. The van der Waals surface area contributed by atoms with E-state index < -0.39 is 0 Å². The minimum atomic E-state index is 1.12. The van der Waals surface area contributed by atoms with E-state index in [1.165, 1.54) is 22.8 Å². The van der Waals surface area contributed by atoms with Crippen molar-refractivity contribution in [3.05, 3.63) is 67.1 Å². The van der Waals surface area contributed by atoms with Gasteiger partial charge in [0.05, 0.1) is 0 Å². The van der Waals surface area contributed by atoms with Crippen LogP contribution in [0.1, 0.15) is 18.4 Å². The van der Waals surface area contributed by atoms with Crippen molar-refractivity contribution in [2.75, 3.05) is 0 Å². The molecule has 1 radical (unpaired) electrons. The minimum Gasteiger partial charge on any atom is -0.0885 e. The number of hydrogen-bond acceptors (Lipinski definition) is 0. The van der Waals surface area contributed by atoms with Crippen LogP contribution in [0.15, 0.2) is 54.6 Å². The molecule has 0 N–H and O–H groups in total. The topological polar surface area (TPSA) is 0 Å². The van der Waals surface area contributed by atoms with E-state index in [-0.39, 0.29) is 0 Å². The van der Waals surface area contributed by atoms with Crippen LogP contribution < -0.4 is 0 Å². The zero-order valence-corrected chi connectivity index (χ0v) is 9.52. The third-order valence-electron chi connectivity index (χ3n) is 2.82. The normalized spacial score (nSPS) is 11.3. The Morgan fingerprint density at radius 3 is 2.62 bits per heavy atom. The Kier molecular flexibility index (Phi) is 3.76. The summed E-state index contributed by atoms with van der Waals surface area (Å²) in [6.45, 7) is 3.69. The monoisotopic (exact) mass is 209 g/mol. The summed E-state index contributed by atoms with van der Waals surface area (Å²) in [5, 5.41) is 2.66. The lowest BCUT2D eigenvalue weighted by Crippen LogP contribution is -1.84. The van der Waals surface area contributed by atoms with Crippen molar-refractivity contribution in [2.24, 2.45) is 0 Å². The first-order valence-corrected chi connectivity index (χ1v) is 5.82. The molecule has 0 amide bonds. The van der Waals surface area contributed by atoms with Gasteiger partial charge in [-0.1, -0.05) is 54.6 Å². The van der Waals surface area contributed by atoms with Crippen LogP contribution in [0, 0.1) is 6.92 Å². The van der Waals surface area contributed by atoms with Gasteiger partial charge in [0, 0.05) is 0 Å². The molecule has 2 rings (SSSR count). The molecule has 2 aromatic carbocycles. The lowest BCUT2D eigenvalue weighted by molar-refractivity contribution is 0.844. The molecule has 0 aliphatic rings. The fraction of sp³-hybridized carbons (Fsp3) is 0.188. The second-order valence-electron chi connectivity index (χ2n) is 4.05. The van der Waals surface area contributed by atoms with E-state index in [1.807, 2.05) is 6.08 Å². The van der Waals surface area contributed by atoms with Gasteiger partial charge in [-0.3, -0.25) is 0 Å². The second-order valence-corrected chi connectivity index (χ2v) is 4.05. The van der Waals surface area contributed by atoms with Crippen LogP contribution in [0.4, 0.5) is 0 Å². The van der Waals surface area contributed by atoms with Crippen LogP contribution in [0.25, 0.3) is 10.8 Å². The fourth-order valence-electron chi connectivity index (χ4n) is 1.94. The summed E-state index contributed by atoms with van der Waals surface area (Å²) >= 11 is 0.